The van der Waals surface area contributed by atoms with Crippen LogP contribution in [-0.4, -0.2) is 47.8 Å². The highest BCUT2D eigenvalue weighted by molar-refractivity contribution is 5.49. The van der Waals surface area contributed by atoms with Gasteiger partial charge in [-0.3, -0.25) is 4.90 Å². The predicted molar refractivity (Wildman–Crippen MR) is 88.2 cm³/mol. The van der Waals surface area contributed by atoms with Crippen molar-refractivity contribution >= 4 is 5.69 Å². The van der Waals surface area contributed by atoms with Crippen LogP contribution in [0.1, 0.15) is 11.7 Å². The normalized spacial score (nSPS) is 17.4. The second kappa shape index (κ2) is 6.81. The summed E-state index contributed by atoms with van der Waals surface area (Å²) in [5.41, 5.74) is 2.12. The molecule has 1 saturated heterocycles. The molecule has 116 valence electrons. The zero-order valence-corrected chi connectivity index (χ0v) is 12.6. The van der Waals surface area contributed by atoms with E-state index in [4.69, 9.17) is 0 Å². The number of phenols is 1. The van der Waals surface area contributed by atoms with Crippen LogP contribution in [0.3, 0.4) is 0 Å². The molecule has 22 heavy (non-hydrogen) atoms. The average molecular weight is 298 g/mol. The van der Waals surface area contributed by atoms with E-state index in [1.165, 1.54) is 0 Å². The Morgan fingerprint density at radius 2 is 1.50 bits per heavy atom. The Bertz CT molecular complexity index is 578. The lowest BCUT2D eigenvalue weighted by atomic mass is 10.1. The Morgan fingerprint density at radius 1 is 0.864 bits per heavy atom. The summed E-state index contributed by atoms with van der Waals surface area (Å²) in [5, 5.41) is 19.7. The van der Waals surface area contributed by atoms with Crippen molar-refractivity contribution in [1.82, 2.24) is 4.90 Å². The predicted octanol–water partition coefficient (Wildman–Crippen LogP) is 2.25. The maximum atomic E-state index is 10.3. The first-order valence-electron chi connectivity index (χ1n) is 7.72. The second-order valence-corrected chi connectivity index (χ2v) is 5.73. The molecule has 0 spiro atoms. The number of hydrogen-bond donors (Lipinski definition) is 2. The molecule has 0 aromatic heterocycles. The van der Waals surface area contributed by atoms with Crippen molar-refractivity contribution in [1.29, 1.82) is 0 Å². The van der Waals surface area contributed by atoms with E-state index < -0.39 is 6.10 Å². The van der Waals surface area contributed by atoms with Crippen molar-refractivity contribution < 1.29 is 10.2 Å². The van der Waals surface area contributed by atoms with E-state index in [-0.39, 0.29) is 0 Å². The lowest BCUT2D eigenvalue weighted by molar-refractivity contribution is 0.109. The van der Waals surface area contributed by atoms with Gasteiger partial charge < -0.3 is 15.1 Å². The highest BCUT2D eigenvalue weighted by Gasteiger charge is 2.20. The van der Waals surface area contributed by atoms with Gasteiger partial charge in [0.1, 0.15) is 5.75 Å². The average Bonchev–Trinajstić information content (AvgIpc) is 2.57. The fraction of sp³-hybridized carbons (Fsp3) is 0.333. The number of aromatic hydroxyl groups is 1. The van der Waals surface area contributed by atoms with Crippen LogP contribution < -0.4 is 4.90 Å². The molecular formula is C18H22N2O2. The molecule has 0 saturated carbocycles. The lowest BCUT2D eigenvalue weighted by Crippen LogP contribution is -2.47. The third-order valence-electron chi connectivity index (χ3n) is 4.20. The smallest absolute Gasteiger partial charge is 0.115 e. The molecule has 1 atom stereocenters. The molecule has 3 rings (SSSR count). The van der Waals surface area contributed by atoms with Gasteiger partial charge in [0.25, 0.3) is 0 Å². The van der Waals surface area contributed by atoms with Gasteiger partial charge in [-0.1, -0.05) is 30.3 Å². The van der Waals surface area contributed by atoms with Crippen molar-refractivity contribution in [2.24, 2.45) is 0 Å². The summed E-state index contributed by atoms with van der Waals surface area (Å²) in [4.78, 5) is 4.61. The topological polar surface area (TPSA) is 46.9 Å². The van der Waals surface area contributed by atoms with Crippen LogP contribution in [0, 0.1) is 0 Å². The van der Waals surface area contributed by atoms with E-state index in [1.54, 1.807) is 12.1 Å². The highest BCUT2D eigenvalue weighted by Crippen LogP contribution is 2.21. The third-order valence-corrected chi connectivity index (χ3v) is 4.20. The first-order valence-corrected chi connectivity index (χ1v) is 7.72. The summed E-state index contributed by atoms with van der Waals surface area (Å²) in [6, 6.07) is 17.2. The highest BCUT2D eigenvalue weighted by atomic mass is 16.3. The van der Waals surface area contributed by atoms with Crippen LogP contribution in [-0.2, 0) is 0 Å². The summed E-state index contributed by atoms with van der Waals surface area (Å²) in [6.45, 7) is 4.42. The molecule has 4 heteroatoms. The molecule has 0 amide bonds. The monoisotopic (exact) mass is 298 g/mol. The molecule has 2 aromatic carbocycles. The Balaban J connectivity index is 1.52. The first-order chi connectivity index (χ1) is 10.7. The van der Waals surface area contributed by atoms with E-state index in [1.807, 2.05) is 42.5 Å². The summed E-state index contributed by atoms with van der Waals surface area (Å²) in [7, 11) is 0. The van der Waals surface area contributed by atoms with Crippen LogP contribution in [0.15, 0.2) is 54.6 Å². The largest absolute Gasteiger partial charge is 0.508 e. The van der Waals surface area contributed by atoms with Gasteiger partial charge in [0.2, 0.25) is 0 Å². The number of aliphatic hydroxyl groups is 1. The Morgan fingerprint density at radius 3 is 2.14 bits per heavy atom. The van der Waals surface area contributed by atoms with E-state index in [0.717, 1.165) is 37.4 Å². The molecule has 0 aliphatic carbocycles. The van der Waals surface area contributed by atoms with Crippen LogP contribution >= 0.6 is 0 Å². The van der Waals surface area contributed by atoms with Crippen molar-refractivity contribution in [3.8, 4) is 5.75 Å². The van der Waals surface area contributed by atoms with Gasteiger partial charge in [0, 0.05) is 38.4 Å². The Kier molecular flexibility index (Phi) is 4.61. The minimum Gasteiger partial charge on any atom is -0.508 e. The van der Waals surface area contributed by atoms with Crippen molar-refractivity contribution in [2.45, 2.75) is 6.10 Å². The zero-order chi connectivity index (χ0) is 15.4. The van der Waals surface area contributed by atoms with Gasteiger partial charge in [0.05, 0.1) is 6.10 Å². The first kappa shape index (κ1) is 14.9. The molecule has 1 aliphatic heterocycles. The summed E-state index contributed by atoms with van der Waals surface area (Å²) in [6.07, 6.45) is -0.429. The van der Waals surface area contributed by atoms with Crippen molar-refractivity contribution in [3.05, 3.63) is 60.2 Å². The molecular weight excluding hydrogens is 276 g/mol. The van der Waals surface area contributed by atoms with Crippen LogP contribution in [0.25, 0.3) is 0 Å². The Hall–Kier alpha value is -2.04. The van der Waals surface area contributed by atoms with Gasteiger partial charge in [-0.05, 0) is 29.8 Å². The standard InChI is InChI=1S/C18H22N2O2/c21-17-8-6-16(7-9-17)20-12-10-19(11-13-20)14-18(22)15-4-2-1-3-5-15/h1-9,18,21-22H,10-14H2/t18-/m1/s1. The second-order valence-electron chi connectivity index (χ2n) is 5.73. The number of hydrogen-bond acceptors (Lipinski definition) is 4. The number of aliphatic hydroxyl groups excluding tert-OH is 1. The maximum Gasteiger partial charge on any atom is 0.115 e. The number of piperazine rings is 1. The zero-order valence-electron chi connectivity index (χ0n) is 12.6. The van der Waals surface area contributed by atoms with Gasteiger partial charge in [-0.25, -0.2) is 0 Å². The molecule has 2 aromatic rings. The fourth-order valence-corrected chi connectivity index (χ4v) is 2.88. The molecule has 1 aliphatic rings. The number of nitrogens with zero attached hydrogens (tertiary/aromatic N) is 2. The minimum atomic E-state index is -0.429. The Labute approximate surface area is 131 Å². The number of β-amino-alcohol motifs (C(OH)–C–C–N with tert-alkyl or cyclic N) is 1. The third kappa shape index (κ3) is 3.59. The number of rotatable bonds is 4. The molecule has 0 unspecified atom stereocenters. The van der Waals surface area contributed by atoms with Crippen LogP contribution in [0.5, 0.6) is 5.75 Å². The lowest BCUT2D eigenvalue weighted by Gasteiger charge is -2.37. The maximum absolute atomic E-state index is 10.3. The minimum absolute atomic E-state index is 0.299. The van der Waals surface area contributed by atoms with E-state index >= 15 is 0 Å². The van der Waals surface area contributed by atoms with E-state index in [2.05, 4.69) is 9.80 Å². The van der Waals surface area contributed by atoms with Gasteiger partial charge >= 0.3 is 0 Å². The molecule has 1 heterocycles. The van der Waals surface area contributed by atoms with Gasteiger partial charge in [-0.2, -0.15) is 0 Å². The molecule has 2 N–H and O–H groups in total. The van der Waals surface area contributed by atoms with Crippen LogP contribution in [0.2, 0.25) is 0 Å². The summed E-state index contributed by atoms with van der Waals surface area (Å²) in [5.74, 6) is 0.299. The van der Waals surface area contributed by atoms with E-state index in [9.17, 15) is 10.2 Å². The van der Waals surface area contributed by atoms with Crippen molar-refractivity contribution in [2.75, 3.05) is 37.6 Å². The van der Waals surface area contributed by atoms with Gasteiger partial charge in [-0.15, -0.1) is 0 Å². The summed E-state index contributed by atoms with van der Waals surface area (Å²) < 4.78 is 0. The molecule has 0 radical (unpaired) electrons. The van der Waals surface area contributed by atoms with Crippen molar-refractivity contribution in [3.63, 3.8) is 0 Å². The van der Waals surface area contributed by atoms with Crippen LogP contribution in [0.4, 0.5) is 5.69 Å². The quantitative estimate of drug-likeness (QED) is 0.909. The molecule has 4 nitrogen and oxygen atoms in total. The summed E-state index contributed by atoms with van der Waals surface area (Å²) >= 11 is 0. The fourth-order valence-electron chi connectivity index (χ4n) is 2.88. The number of benzene rings is 2. The SMILES string of the molecule is Oc1ccc(N2CCN(C[C@@H](O)c3ccccc3)CC2)cc1. The molecule has 0 bridgehead atoms. The van der Waals surface area contributed by atoms with E-state index in [0.29, 0.717) is 12.3 Å². The molecule has 1 fully saturated rings. The number of phenolic OH excluding ortho intramolecular Hbond substituents is 1. The van der Waals surface area contributed by atoms with Gasteiger partial charge in [0.15, 0.2) is 0 Å². The number of anilines is 1.